The van der Waals surface area contributed by atoms with Gasteiger partial charge in [-0.3, -0.25) is 4.79 Å². The third kappa shape index (κ3) is 1.44. The number of nitrogens with zero attached hydrogens (tertiary/aromatic N) is 1. The predicted octanol–water partition coefficient (Wildman–Crippen LogP) is -0.505. The van der Waals surface area contributed by atoms with Crippen LogP contribution in [-0.2, 0) is 14.8 Å². The number of rotatable bonds is 2. The van der Waals surface area contributed by atoms with Crippen LogP contribution < -0.4 is 0 Å². The highest BCUT2D eigenvalue weighted by molar-refractivity contribution is 7.89. The number of carbonyl (C=O) groups is 1. The van der Waals surface area contributed by atoms with Gasteiger partial charge in [0.05, 0.1) is 11.7 Å². The van der Waals surface area contributed by atoms with Crippen LogP contribution in [0.25, 0.3) is 0 Å². The first-order valence-electron chi connectivity index (χ1n) is 4.25. The zero-order valence-electron chi connectivity index (χ0n) is 7.01. The van der Waals surface area contributed by atoms with Crippen molar-refractivity contribution in [3.8, 4) is 0 Å². The molecule has 2 rings (SSSR count). The quantitative estimate of drug-likeness (QED) is 0.659. The molecule has 6 heteroatoms. The monoisotopic (exact) mass is 205 g/mol. The average molecular weight is 205 g/mol. The molecular formula is C7H11NO4S. The van der Waals surface area contributed by atoms with E-state index in [1.54, 1.807) is 0 Å². The zero-order chi connectivity index (χ0) is 9.64. The number of carboxylic acid groups (broad SMARTS) is 1. The van der Waals surface area contributed by atoms with E-state index < -0.39 is 21.9 Å². The molecule has 0 aromatic carbocycles. The highest BCUT2D eigenvalue weighted by Crippen LogP contribution is 2.39. The maximum atomic E-state index is 11.3. The number of carboxylic acids is 1. The van der Waals surface area contributed by atoms with Crippen LogP contribution in [0.2, 0.25) is 0 Å². The van der Waals surface area contributed by atoms with Crippen molar-refractivity contribution in [1.29, 1.82) is 0 Å². The first kappa shape index (κ1) is 8.96. The normalized spacial score (nSPS) is 37.5. The standard InChI is InChI=1S/C7H11NO4S/c9-7(10)5-4-6(5)8-2-1-3-13(8,11)12/h5-6H,1-4H2,(H,9,10). The molecule has 0 aromatic rings. The minimum atomic E-state index is -3.12. The second-order valence-electron chi connectivity index (χ2n) is 3.53. The van der Waals surface area contributed by atoms with Gasteiger partial charge >= 0.3 is 5.97 Å². The Hall–Kier alpha value is -0.620. The molecule has 1 N–H and O–H groups in total. The van der Waals surface area contributed by atoms with E-state index in [0.29, 0.717) is 19.4 Å². The Bertz CT molecular complexity index is 336. The van der Waals surface area contributed by atoms with Crippen molar-refractivity contribution in [1.82, 2.24) is 4.31 Å². The van der Waals surface area contributed by atoms with Crippen LogP contribution in [0, 0.1) is 5.92 Å². The SMILES string of the molecule is O=C(O)C1CC1N1CCCS1(=O)=O. The summed E-state index contributed by atoms with van der Waals surface area (Å²) in [4.78, 5) is 10.5. The lowest BCUT2D eigenvalue weighted by molar-refractivity contribution is -0.138. The lowest BCUT2D eigenvalue weighted by Gasteiger charge is -2.12. The van der Waals surface area contributed by atoms with Crippen molar-refractivity contribution in [2.75, 3.05) is 12.3 Å². The molecule has 2 aliphatic rings. The van der Waals surface area contributed by atoms with Gasteiger partial charge < -0.3 is 5.11 Å². The molecule has 2 atom stereocenters. The summed E-state index contributed by atoms with van der Waals surface area (Å²) in [6, 6.07) is -0.259. The van der Waals surface area contributed by atoms with Crippen molar-refractivity contribution in [3.63, 3.8) is 0 Å². The first-order chi connectivity index (χ1) is 6.02. The van der Waals surface area contributed by atoms with E-state index in [1.165, 1.54) is 4.31 Å². The summed E-state index contributed by atoms with van der Waals surface area (Å²) in [5, 5.41) is 8.63. The van der Waals surface area contributed by atoms with Crippen molar-refractivity contribution in [3.05, 3.63) is 0 Å². The van der Waals surface area contributed by atoms with Gasteiger partial charge in [0, 0.05) is 12.6 Å². The molecule has 2 fully saturated rings. The smallest absolute Gasteiger partial charge is 0.308 e. The van der Waals surface area contributed by atoms with Gasteiger partial charge in [-0.1, -0.05) is 0 Å². The van der Waals surface area contributed by atoms with Gasteiger partial charge in [0.25, 0.3) is 0 Å². The molecule has 0 spiro atoms. The summed E-state index contributed by atoms with van der Waals surface area (Å²) < 4.78 is 24.0. The van der Waals surface area contributed by atoms with E-state index in [1.807, 2.05) is 0 Å². The Labute approximate surface area is 76.4 Å². The summed E-state index contributed by atoms with van der Waals surface area (Å²) >= 11 is 0. The molecular weight excluding hydrogens is 194 g/mol. The summed E-state index contributed by atoms with van der Waals surface area (Å²) in [5.74, 6) is -1.17. The number of hydrogen-bond donors (Lipinski definition) is 1. The Morgan fingerprint density at radius 3 is 2.54 bits per heavy atom. The van der Waals surface area contributed by atoms with Crippen molar-refractivity contribution < 1.29 is 18.3 Å². The molecule has 1 aliphatic heterocycles. The predicted molar refractivity (Wildman–Crippen MR) is 44.6 cm³/mol. The van der Waals surface area contributed by atoms with Crippen LogP contribution in [0.4, 0.5) is 0 Å². The van der Waals surface area contributed by atoms with E-state index in [4.69, 9.17) is 5.11 Å². The topological polar surface area (TPSA) is 74.7 Å². The Balaban J connectivity index is 2.09. The van der Waals surface area contributed by atoms with Gasteiger partial charge in [0.15, 0.2) is 0 Å². The van der Waals surface area contributed by atoms with Crippen molar-refractivity contribution in [2.45, 2.75) is 18.9 Å². The summed E-state index contributed by atoms with van der Waals surface area (Å²) in [5.41, 5.74) is 0. The highest BCUT2D eigenvalue weighted by atomic mass is 32.2. The molecule has 0 radical (unpaired) electrons. The molecule has 1 saturated heterocycles. The molecule has 0 bridgehead atoms. The summed E-state index contributed by atoms with van der Waals surface area (Å²) in [6.45, 7) is 0.497. The molecule has 1 aliphatic carbocycles. The average Bonchev–Trinajstić information content (AvgIpc) is 2.71. The molecule has 74 valence electrons. The third-order valence-electron chi connectivity index (χ3n) is 2.58. The number of sulfonamides is 1. The van der Waals surface area contributed by atoms with E-state index in [9.17, 15) is 13.2 Å². The molecule has 13 heavy (non-hydrogen) atoms. The van der Waals surface area contributed by atoms with Crippen LogP contribution >= 0.6 is 0 Å². The Morgan fingerprint density at radius 2 is 2.15 bits per heavy atom. The van der Waals surface area contributed by atoms with E-state index >= 15 is 0 Å². The summed E-state index contributed by atoms with van der Waals surface area (Å²) in [7, 11) is -3.12. The van der Waals surface area contributed by atoms with E-state index in [0.717, 1.165) is 0 Å². The van der Waals surface area contributed by atoms with Crippen molar-refractivity contribution >= 4 is 16.0 Å². The maximum absolute atomic E-state index is 11.3. The fraction of sp³-hybridized carbons (Fsp3) is 0.857. The van der Waals surface area contributed by atoms with Crippen LogP contribution in [0.5, 0.6) is 0 Å². The van der Waals surface area contributed by atoms with Crippen LogP contribution in [0.15, 0.2) is 0 Å². The van der Waals surface area contributed by atoms with Gasteiger partial charge in [-0.25, -0.2) is 8.42 Å². The third-order valence-corrected chi connectivity index (χ3v) is 4.55. The largest absolute Gasteiger partial charge is 0.481 e. The van der Waals surface area contributed by atoms with Crippen LogP contribution in [-0.4, -0.2) is 42.1 Å². The van der Waals surface area contributed by atoms with Gasteiger partial charge in [-0.05, 0) is 12.8 Å². The highest BCUT2D eigenvalue weighted by Gasteiger charge is 2.52. The molecule has 0 aromatic heterocycles. The molecule has 1 heterocycles. The van der Waals surface area contributed by atoms with Crippen LogP contribution in [0.1, 0.15) is 12.8 Å². The molecule has 1 saturated carbocycles. The van der Waals surface area contributed by atoms with Gasteiger partial charge in [-0.2, -0.15) is 4.31 Å². The minimum Gasteiger partial charge on any atom is -0.481 e. The maximum Gasteiger partial charge on any atom is 0.308 e. The first-order valence-corrected chi connectivity index (χ1v) is 5.85. The summed E-state index contributed by atoms with van der Waals surface area (Å²) in [6.07, 6.45) is 1.11. The number of hydrogen-bond acceptors (Lipinski definition) is 3. The Kier molecular flexibility index (Phi) is 1.85. The van der Waals surface area contributed by atoms with E-state index in [-0.39, 0.29) is 11.8 Å². The minimum absolute atomic E-state index is 0.176. The molecule has 5 nitrogen and oxygen atoms in total. The van der Waals surface area contributed by atoms with Gasteiger partial charge in [0.1, 0.15) is 0 Å². The van der Waals surface area contributed by atoms with Crippen LogP contribution in [0.3, 0.4) is 0 Å². The fourth-order valence-corrected chi connectivity index (χ4v) is 3.58. The lowest BCUT2D eigenvalue weighted by Crippen LogP contribution is -2.30. The zero-order valence-corrected chi connectivity index (χ0v) is 7.83. The van der Waals surface area contributed by atoms with Gasteiger partial charge in [0.2, 0.25) is 10.0 Å². The fourth-order valence-electron chi connectivity index (χ4n) is 1.80. The van der Waals surface area contributed by atoms with E-state index in [2.05, 4.69) is 0 Å². The lowest BCUT2D eigenvalue weighted by atomic mass is 10.4. The second kappa shape index (κ2) is 2.68. The Morgan fingerprint density at radius 1 is 1.46 bits per heavy atom. The van der Waals surface area contributed by atoms with Crippen molar-refractivity contribution in [2.24, 2.45) is 5.92 Å². The number of aliphatic carboxylic acids is 1. The van der Waals surface area contributed by atoms with Gasteiger partial charge in [-0.15, -0.1) is 0 Å². The molecule has 0 amide bonds. The second-order valence-corrected chi connectivity index (χ2v) is 5.57. The molecule has 2 unspecified atom stereocenters.